The highest BCUT2D eigenvalue weighted by atomic mass is 79.9. The molecule has 0 N–H and O–H groups in total. The van der Waals surface area contributed by atoms with E-state index in [1.165, 1.54) is 4.48 Å². The van der Waals surface area contributed by atoms with Gasteiger partial charge in [0.15, 0.2) is 0 Å². The molecule has 3 heteroatoms. The maximum atomic E-state index is 5.17. The number of hydrogen-bond donors (Lipinski definition) is 0. The molecule has 9 heavy (non-hydrogen) atoms. The van der Waals surface area contributed by atoms with Crippen LogP contribution < -0.4 is 0 Å². The van der Waals surface area contributed by atoms with Crippen molar-refractivity contribution in [3.05, 3.63) is 9.89 Å². The molecule has 0 spiro atoms. The van der Waals surface area contributed by atoms with Crippen LogP contribution in [-0.2, 0) is 4.74 Å². The van der Waals surface area contributed by atoms with Crippen molar-refractivity contribution in [2.24, 2.45) is 5.92 Å². The molecular formula is C6H9BrOS. The minimum absolute atomic E-state index is 0.319. The lowest BCUT2D eigenvalue weighted by molar-refractivity contribution is 0.148. The average molecular weight is 209 g/mol. The van der Waals surface area contributed by atoms with E-state index in [1.807, 2.05) is 0 Å². The molecule has 1 aliphatic rings. The van der Waals surface area contributed by atoms with Gasteiger partial charge in [0.05, 0.1) is 0 Å². The Hall–Kier alpha value is 0.530. The summed E-state index contributed by atoms with van der Waals surface area (Å²) >= 11 is 5.17. The van der Waals surface area contributed by atoms with Crippen LogP contribution in [0.5, 0.6) is 0 Å². The van der Waals surface area contributed by atoms with Crippen LogP contribution in [0, 0.1) is 5.92 Å². The predicted molar refractivity (Wildman–Crippen MR) is 44.6 cm³/mol. The first kappa shape index (κ1) is 7.63. The standard InChI is InChI=1S/C6H9BrOS/c1-4-5(7)3-9-6(4)8-2/h3-4,6H,1-2H3/t4-,6?/m1/s1. The molecule has 0 saturated heterocycles. The Morgan fingerprint density at radius 3 is 2.67 bits per heavy atom. The van der Waals surface area contributed by atoms with Gasteiger partial charge in [0.2, 0.25) is 0 Å². The lowest BCUT2D eigenvalue weighted by atomic mass is 10.2. The van der Waals surface area contributed by atoms with Crippen molar-refractivity contribution in [2.75, 3.05) is 7.11 Å². The zero-order valence-electron chi connectivity index (χ0n) is 5.43. The molecule has 1 rings (SSSR count). The van der Waals surface area contributed by atoms with E-state index in [1.54, 1.807) is 18.9 Å². The molecule has 52 valence electrons. The first-order chi connectivity index (χ1) is 4.25. The molecule has 0 aliphatic carbocycles. The third kappa shape index (κ3) is 1.51. The lowest BCUT2D eigenvalue weighted by Gasteiger charge is -2.12. The van der Waals surface area contributed by atoms with Crippen molar-refractivity contribution in [1.29, 1.82) is 0 Å². The highest BCUT2D eigenvalue weighted by Gasteiger charge is 2.24. The lowest BCUT2D eigenvalue weighted by Crippen LogP contribution is -2.11. The van der Waals surface area contributed by atoms with Crippen LogP contribution >= 0.6 is 27.7 Å². The van der Waals surface area contributed by atoms with Crippen molar-refractivity contribution < 1.29 is 4.74 Å². The quantitative estimate of drug-likeness (QED) is 0.656. The monoisotopic (exact) mass is 208 g/mol. The van der Waals surface area contributed by atoms with Crippen molar-refractivity contribution in [2.45, 2.75) is 12.4 Å². The van der Waals surface area contributed by atoms with Crippen molar-refractivity contribution in [3.63, 3.8) is 0 Å². The number of ether oxygens (including phenoxy) is 1. The topological polar surface area (TPSA) is 9.23 Å². The third-order valence-corrected chi connectivity index (χ3v) is 3.90. The number of hydrogen-bond acceptors (Lipinski definition) is 2. The first-order valence-corrected chi connectivity index (χ1v) is 4.53. The predicted octanol–water partition coefficient (Wildman–Crippen LogP) is 2.58. The van der Waals surface area contributed by atoms with Gasteiger partial charge in [-0.05, 0) is 5.41 Å². The molecule has 1 unspecified atom stereocenters. The Bertz CT molecular complexity index is 135. The van der Waals surface area contributed by atoms with Gasteiger partial charge in [-0.2, -0.15) is 0 Å². The summed E-state index contributed by atoms with van der Waals surface area (Å²) in [6.07, 6.45) is 0. The van der Waals surface area contributed by atoms with E-state index < -0.39 is 0 Å². The summed E-state index contributed by atoms with van der Waals surface area (Å²) < 4.78 is 6.42. The van der Waals surface area contributed by atoms with Crippen molar-refractivity contribution >= 4 is 27.7 Å². The van der Waals surface area contributed by atoms with E-state index in [0.717, 1.165) is 0 Å². The van der Waals surface area contributed by atoms with Gasteiger partial charge in [0.1, 0.15) is 5.44 Å². The third-order valence-electron chi connectivity index (χ3n) is 1.39. The summed E-state index contributed by atoms with van der Waals surface area (Å²) in [6, 6.07) is 0. The van der Waals surface area contributed by atoms with Crippen molar-refractivity contribution in [1.82, 2.24) is 0 Å². The maximum Gasteiger partial charge on any atom is 0.113 e. The number of rotatable bonds is 1. The molecule has 1 heterocycles. The second kappa shape index (κ2) is 3.08. The molecular weight excluding hydrogens is 200 g/mol. The van der Waals surface area contributed by atoms with Crippen LogP contribution in [0.2, 0.25) is 0 Å². The SMILES string of the molecule is COC1SC=C(Br)[C@H]1C. The minimum atomic E-state index is 0.319. The van der Waals surface area contributed by atoms with Gasteiger partial charge in [-0.15, -0.1) is 11.8 Å². The Morgan fingerprint density at radius 2 is 2.44 bits per heavy atom. The Labute approximate surface area is 68.0 Å². The number of halogens is 1. The minimum Gasteiger partial charge on any atom is -0.370 e. The summed E-state index contributed by atoms with van der Waals surface area (Å²) in [6.45, 7) is 2.15. The zero-order chi connectivity index (χ0) is 6.85. The van der Waals surface area contributed by atoms with Gasteiger partial charge in [0, 0.05) is 17.5 Å². The molecule has 0 aromatic rings. The Kier molecular flexibility index (Phi) is 2.61. The highest BCUT2D eigenvalue weighted by Crippen LogP contribution is 2.38. The molecule has 0 amide bonds. The summed E-state index contributed by atoms with van der Waals surface area (Å²) in [5.74, 6) is 0.514. The van der Waals surface area contributed by atoms with Crippen LogP contribution in [0.15, 0.2) is 9.89 Å². The van der Waals surface area contributed by atoms with Crippen LogP contribution in [0.1, 0.15) is 6.92 Å². The molecule has 0 aromatic heterocycles. The van der Waals surface area contributed by atoms with E-state index in [-0.39, 0.29) is 0 Å². The van der Waals surface area contributed by atoms with Gasteiger partial charge in [-0.3, -0.25) is 0 Å². The van der Waals surface area contributed by atoms with Crippen LogP contribution in [-0.4, -0.2) is 12.5 Å². The van der Waals surface area contributed by atoms with Crippen LogP contribution in [0.4, 0.5) is 0 Å². The van der Waals surface area contributed by atoms with E-state index >= 15 is 0 Å². The Balaban J connectivity index is 2.51. The second-order valence-corrected chi connectivity index (χ2v) is 3.92. The highest BCUT2D eigenvalue weighted by molar-refractivity contribution is 9.11. The van der Waals surface area contributed by atoms with Gasteiger partial charge >= 0.3 is 0 Å². The van der Waals surface area contributed by atoms with Gasteiger partial charge in [-0.1, -0.05) is 22.9 Å². The molecule has 0 fully saturated rings. The maximum absolute atomic E-state index is 5.17. The van der Waals surface area contributed by atoms with E-state index in [9.17, 15) is 0 Å². The van der Waals surface area contributed by atoms with E-state index in [2.05, 4.69) is 28.3 Å². The smallest absolute Gasteiger partial charge is 0.113 e. The average Bonchev–Trinajstić information content (AvgIpc) is 2.15. The van der Waals surface area contributed by atoms with E-state index in [0.29, 0.717) is 11.4 Å². The molecule has 0 saturated carbocycles. The molecule has 0 radical (unpaired) electrons. The van der Waals surface area contributed by atoms with Gasteiger partial charge < -0.3 is 4.74 Å². The zero-order valence-corrected chi connectivity index (χ0v) is 7.83. The summed E-state index contributed by atoms with van der Waals surface area (Å²) in [5.41, 5.74) is 0.319. The summed E-state index contributed by atoms with van der Waals surface area (Å²) in [5, 5.41) is 2.10. The van der Waals surface area contributed by atoms with Crippen LogP contribution in [0.25, 0.3) is 0 Å². The fourth-order valence-corrected chi connectivity index (χ4v) is 2.46. The van der Waals surface area contributed by atoms with Gasteiger partial charge in [-0.25, -0.2) is 0 Å². The summed E-state index contributed by atoms with van der Waals surface area (Å²) in [7, 11) is 1.74. The Morgan fingerprint density at radius 1 is 1.78 bits per heavy atom. The fraction of sp³-hybridized carbons (Fsp3) is 0.667. The second-order valence-electron chi connectivity index (χ2n) is 2.03. The van der Waals surface area contributed by atoms with Crippen molar-refractivity contribution in [3.8, 4) is 0 Å². The molecule has 0 aromatic carbocycles. The molecule has 0 bridgehead atoms. The van der Waals surface area contributed by atoms with Crippen LogP contribution in [0.3, 0.4) is 0 Å². The number of thioether (sulfide) groups is 1. The number of methoxy groups -OCH3 is 1. The summed E-state index contributed by atoms with van der Waals surface area (Å²) in [4.78, 5) is 0. The van der Waals surface area contributed by atoms with Gasteiger partial charge in [0.25, 0.3) is 0 Å². The fourth-order valence-electron chi connectivity index (χ4n) is 0.747. The largest absolute Gasteiger partial charge is 0.370 e. The molecule has 1 nitrogen and oxygen atoms in total. The molecule has 1 aliphatic heterocycles. The molecule has 2 atom stereocenters. The van der Waals surface area contributed by atoms with E-state index in [4.69, 9.17) is 4.74 Å². The first-order valence-electron chi connectivity index (χ1n) is 2.79. The normalized spacial score (nSPS) is 34.8.